The number of hydrogen-bond acceptors (Lipinski definition) is 2. The molecule has 3 heteroatoms. The Labute approximate surface area is 105 Å². The first-order valence-corrected chi connectivity index (χ1v) is 5.74. The number of benzene rings is 1. The maximum absolute atomic E-state index is 12.1. The third-order valence-corrected chi connectivity index (χ3v) is 2.80. The van der Waals surface area contributed by atoms with Crippen molar-refractivity contribution in [3.63, 3.8) is 0 Å². The molecule has 0 amide bonds. The number of Topliss-reactive ketones (excluding diaryl/α,β-unsaturated/α-hetero) is 1. The first-order chi connectivity index (χ1) is 8.16. The molecule has 2 rings (SSSR count). The summed E-state index contributed by atoms with van der Waals surface area (Å²) in [4.78, 5) is 16.2. The molecule has 0 aliphatic heterocycles. The van der Waals surface area contributed by atoms with Gasteiger partial charge in [0.25, 0.3) is 0 Å². The lowest BCUT2D eigenvalue weighted by Crippen LogP contribution is -2.06. The quantitative estimate of drug-likeness (QED) is 0.775. The first-order valence-electron chi connectivity index (χ1n) is 5.36. The van der Waals surface area contributed by atoms with Crippen LogP contribution < -0.4 is 0 Å². The Morgan fingerprint density at radius 3 is 2.82 bits per heavy atom. The average Bonchev–Trinajstić information content (AvgIpc) is 2.29. The zero-order valence-electron chi connectivity index (χ0n) is 9.48. The van der Waals surface area contributed by atoms with E-state index < -0.39 is 0 Å². The smallest absolute Gasteiger partial charge is 0.169 e. The van der Waals surface area contributed by atoms with E-state index in [1.807, 2.05) is 25.1 Å². The highest BCUT2D eigenvalue weighted by atomic mass is 35.5. The summed E-state index contributed by atoms with van der Waals surface area (Å²) in [5, 5.41) is 0.651. The Morgan fingerprint density at radius 2 is 2.12 bits per heavy atom. The number of carbonyl (C=O) groups excluding carboxylic acids is 1. The topological polar surface area (TPSA) is 30.0 Å². The fourth-order valence-electron chi connectivity index (χ4n) is 1.71. The average molecular weight is 246 g/mol. The van der Waals surface area contributed by atoms with E-state index in [1.54, 1.807) is 24.4 Å². The molecule has 0 atom stereocenters. The molecule has 0 aliphatic carbocycles. The van der Waals surface area contributed by atoms with Gasteiger partial charge in [0.1, 0.15) is 0 Å². The van der Waals surface area contributed by atoms with E-state index in [1.165, 1.54) is 0 Å². The number of halogens is 1. The van der Waals surface area contributed by atoms with Gasteiger partial charge in [-0.2, -0.15) is 0 Å². The highest BCUT2D eigenvalue weighted by molar-refractivity contribution is 6.30. The van der Waals surface area contributed by atoms with Crippen LogP contribution >= 0.6 is 11.6 Å². The van der Waals surface area contributed by atoms with Crippen molar-refractivity contribution in [1.82, 2.24) is 4.98 Å². The monoisotopic (exact) mass is 245 g/mol. The van der Waals surface area contributed by atoms with Gasteiger partial charge in [-0.1, -0.05) is 23.7 Å². The number of aryl methyl sites for hydroxylation is 1. The van der Waals surface area contributed by atoms with Crippen LogP contribution in [-0.2, 0) is 6.42 Å². The lowest BCUT2D eigenvalue weighted by Gasteiger charge is -2.04. The summed E-state index contributed by atoms with van der Waals surface area (Å²) in [5.74, 6) is 0.0675. The van der Waals surface area contributed by atoms with Crippen molar-refractivity contribution in [3.8, 4) is 0 Å². The summed E-state index contributed by atoms with van der Waals surface area (Å²) < 4.78 is 0. The number of nitrogens with zero attached hydrogens (tertiary/aromatic N) is 1. The second kappa shape index (κ2) is 5.11. The molecule has 0 unspecified atom stereocenters. The van der Waals surface area contributed by atoms with Gasteiger partial charge in [-0.25, -0.2) is 0 Å². The number of pyridine rings is 1. The molecule has 86 valence electrons. The minimum Gasteiger partial charge on any atom is -0.294 e. The standard InChI is InChI=1S/C14H12ClNO/c1-10-13(6-3-7-16-10)14(17)9-11-4-2-5-12(15)8-11/h2-8H,9H2,1H3. The minimum atomic E-state index is 0.0675. The fraction of sp³-hybridized carbons (Fsp3) is 0.143. The van der Waals surface area contributed by atoms with Gasteiger partial charge in [0.2, 0.25) is 0 Å². The Kier molecular flexibility index (Phi) is 3.55. The van der Waals surface area contributed by atoms with Crippen LogP contribution in [0.5, 0.6) is 0 Å². The molecule has 17 heavy (non-hydrogen) atoms. The molecule has 2 nitrogen and oxygen atoms in total. The zero-order chi connectivity index (χ0) is 12.3. The van der Waals surface area contributed by atoms with Crippen LogP contribution in [0.2, 0.25) is 5.02 Å². The second-order valence-corrected chi connectivity index (χ2v) is 4.30. The van der Waals surface area contributed by atoms with Gasteiger partial charge in [0.15, 0.2) is 5.78 Å². The van der Waals surface area contributed by atoms with Crippen LogP contribution in [0.4, 0.5) is 0 Å². The third-order valence-electron chi connectivity index (χ3n) is 2.56. The van der Waals surface area contributed by atoms with Gasteiger partial charge in [-0.05, 0) is 36.8 Å². The van der Waals surface area contributed by atoms with Crippen LogP contribution in [0, 0.1) is 6.92 Å². The summed E-state index contributed by atoms with van der Waals surface area (Å²) in [7, 11) is 0. The van der Waals surface area contributed by atoms with Crippen LogP contribution in [0.25, 0.3) is 0 Å². The van der Waals surface area contributed by atoms with Crippen LogP contribution in [0.1, 0.15) is 21.6 Å². The van der Waals surface area contributed by atoms with E-state index in [-0.39, 0.29) is 5.78 Å². The first kappa shape index (κ1) is 11.8. The highest BCUT2D eigenvalue weighted by Crippen LogP contribution is 2.14. The summed E-state index contributed by atoms with van der Waals surface area (Å²) in [5.41, 5.74) is 2.36. The molecule has 0 saturated heterocycles. The molecule has 2 aromatic rings. The fourth-order valence-corrected chi connectivity index (χ4v) is 1.92. The van der Waals surface area contributed by atoms with Crippen molar-refractivity contribution in [2.75, 3.05) is 0 Å². The molecule has 1 aromatic heterocycles. The van der Waals surface area contributed by atoms with Crippen molar-refractivity contribution in [1.29, 1.82) is 0 Å². The van der Waals surface area contributed by atoms with Crippen molar-refractivity contribution >= 4 is 17.4 Å². The highest BCUT2D eigenvalue weighted by Gasteiger charge is 2.10. The number of carbonyl (C=O) groups is 1. The number of hydrogen-bond donors (Lipinski definition) is 0. The zero-order valence-corrected chi connectivity index (χ0v) is 10.2. The van der Waals surface area contributed by atoms with Crippen LogP contribution in [-0.4, -0.2) is 10.8 Å². The summed E-state index contributed by atoms with van der Waals surface area (Å²) in [6.07, 6.45) is 2.04. The van der Waals surface area contributed by atoms with Crippen molar-refractivity contribution in [3.05, 3.63) is 64.4 Å². The molecule has 1 heterocycles. The maximum atomic E-state index is 12.1. The third kappa shape index (κ3) is 2.92. The largest absolute Gasteiger partial charge is 0.294 e. The minimum absolute atomic E-state index is 0.0675. The molecule has 0 saturated carbocycles. The Bertz CT molecular complexity index is 551. The van der Waals surface area contributed by atoms with E-state index in [0.717, 1.165) is 11.3 Å². The number of rotatable bonds is 3. The van der Waals surface area contributed by atoms with Gasteiger partial charge in [-0.15, -0.1) is 0 Å². The van der Waals surface area contributed by atoms with Crippen molar-refractivity contribution < 1.29 is 4.79 Å². The molecule has 0 aliphatic rings. The van der Waals surface area contributed by atoms with E-state index in [0.29, 0.717) is 17.0 Å². The Morgan fingerprint density at radius 1 is 1.29 bits per heavy atom. The SMILES string of the molecule is Cc1ncccc1C(=O)Cc1cccc(Cl)c1. The van der Waals surface area contributed by atoms with Crippen LogP contribution in [0.3, 0.4) is 0 Å². The number of ketones is 1. The van der Waals surface area contributed by atoms with Gasteiger partial charge in [-0.3, -0.25) is 9.78 Å². The van der Waals surface area contributed by atoms with E-state index in [9.17, 15) is 4.79 Å². The molecule has 0 radical (unpaired) electrons. The lowest BCUT2D eigenvalue weighted by atomic mass is 10.0. The molecule has 0 N–H and O–H groups in total. The summed E-state index contributed by atoms with van der Waals surface area (Å²) in [6, 6.07) is 10.9. The van der Waals surface area contributed by atoms with E-state index in [2.05, 4.69) is 4.98 Å². The van der Waals surface area contributed by atoms with Crippen molar-refractivity contribution in [2.45, 2.75) is 13.3 Å². The van der Waals surface area contributed by atoms with Gasteiger partial charge < -0.3 is 0 Å². The van der Waals surface area contributed by atoms with Gasteiger partial charge in [0, 0.05) is 28.9 Å². The molecular formula is C14H12ClNO. The predicted molar refractivity (Wildman–Crippen MR) is 68.5 cm³/mol. The molecule has 0 spiro atoms. The van der Waals surface area contributed by atoms with Crippen LogP contribution in [0.15, 0.2) is 42.6 Å². The molecule has 0 bridgehead atoms. The van der Waals surface area contributed by atoms with E-state index in [4.69, 9.17) is 11.6 Å². The predicted octanol–water partition coefficient (Wildman–Crippen LogP) is 3.47. The van der Waals surface area contributed by atoms with Gasteiger partial charge in [0.05, 0.1) is 0 Å². The van der Waals surface area contributed by atoms with Crippen molar-refractivity contribution in [2.24, 2.45) is 0 Å². The summed E-state index contributed by atoms with van der Waals surface area (Å²) >= 11 is 5.88. The molecule has 0 fully saturated rings. The van der Waals surface area contributed by atoms with Gasteiger partial charge >= 0.3 is 0 Å². The summed E-state index contributed by atoms with van der Waals surface area (Å²) in [6.45, 7) is 1.84. The van der Waals surface area contributed by atoms with E-state index >= 15 is 0 Å². The lowest BCUT2D eigenvalue weighted by molar-refractivity contribution is 0.0992. The number of aromatic nitrogens is 1. The second-order valence-electron chi connectivity index (χ2n) is 3.87. The normalized spacial score (nSPS) is 10.2. The Hall–Kier alpha value is -1.67. The molecular weight excluding hydrogens is 234 g/mol. The maximum Gasteiger partial charge on any atom is 0.169 e. The molecule has 1 aromatic carbocycles. The Balaban J connectivity index is 2.20.